The van der Waals surface area contributed by atoms with Crippen molar-refractivity contribution in [2.75, 3.05) is 5.32 Å². The number of hydrogen-bond acceptors (Lipinski definition) is 2. The minimum atomic E-state index is -4.58. The SMILES string of the molecule is C=C1NC(=S)N[C@@H](c2ccccc2)[C@@H]1C(=O)Nc1ccccc1C(F)(F)F. The number of carbonyl (C=O) groups excluding carboxylic acids is 1. The Balaban J connectivity index is 1.92. The predicted molar refractivity (Wildman–Crippen MR) is 101 cm³/mol. The minimum absolute atomic E-state index is 0.300. The van der Waals surface area contributed by atoms with Gasteiger partial charge >= 0.3 is 6.18 Å². The van der Waals surface area contributed by atoms with Gasteiger partial charge in [-0.3, -0.25) is 4.79 Å². The first kappa shape index (κ1) is 18.9. The van der Waals surface area contributed by atoms with Crippen LogP contribution in [0, 0.1) is 5.92 Å². The second kappa shape index (κ2) is 7.40. The summed E-state index contributed by atoms with van der Waals surface area (Å²) in [5.74, 6) is -1.48. The van der Waals surface area contributed by atoms with E-state index in [1.807, 2.05) is 18.2 Å². The average Bonchev–Trinajstić information content (AvgIpc) is 2.61. The van der Waals surface area contributed by atoms with Crippen LogP contribution in [0.1, 0.15) is 17.2 Å². The van der Waals surface area contributed by atoms with Crippen LogP contribution >= 0.6 is 12.2 Å². The zero-order chi connectivity index (χ0) is 19.6. The summed E-state index contributed by atoms with van der Waals surface area (Å²) in [7, 11) is 0. The van der Waals surface area contributed by atoms with Crippen molar-refractivity contribution in [2.24, 2.45) is 5.92 Å². The lowest BCUT2D eigenvalue weighted by Gasteiger charge is -2.35. The Kier molecular flexibility index (Phi) is 5.18. The quantitative estimate of drug-likeness (QED) is 0.693. The molecule has 1 fully saturated rings. The molecule has 2 aromatic rings. The Morgan fingerprint density at radius 1 is 1.07 bits per heavy atom. The van der Waals surface area contributed by atoms with E-state index in [0.29, 0.717) is 10.8 Å². The Labute approximate surface area is 159 Å². The van der Waals surface area contributed by atoms with E-state index in [0.717, 1.165) is 11.6 Å². The molecule has 1 saturated heterocycles. The van der Waals surface area contributed by atoms with Crippen LogP contribution in [0.25, 0.3) is 0 Å². The van der Waals surface area contributed by atoms with Gasteiger partial charge < -0.3 is 16.0 Å². The maximum atomic E-state index is 13.2. The summed E-state index contributed by atoms with van der Waals surface area (Å²) in [6, 6.07) is 13.3. The number of nitrogens with one attached hydrogen (secondary N) is 3. The highest BCUT2D eigenvalue weighted by Crippen LogP contribution is 2.36. The van der Waals surface area contributed by atoms with Crippen molar-refractivity contribution in [3.8, 4) is 0 Å². The predicted octanol–water partition coefficient (Wildman–Crippen LogP) is 3.99. The summed E-state index contributed by atoms with van der Waals surface area (Å²) in [5, 5.41) is 8.47. The normalized spacial score (nSPS) is 19.8. The summed E-state index contributed by atoms with van der Waals surface area (Å²) in [6.45, 7) is 3.83. The molecule has 0 aliphatic carbocycles. The van der Waals surface area contributed by atoms with Crippen molar-refractivity contribution in [3.63, 3.8) is 0 Å². The van der Waals surface area contributed by atoms with E-state index in [9.17, 15) is 18.0 Å². The highest BCUT2D eigenvalue weighted by Gasteiger charge is 2.38. The number of rotatable bonds is 3. The van der Waals surface area contributed by atoms with Crippen molar-refractivity contribution in [2.45, 2.75) is 12.2 Å². The lowest BCUT2D eigenvalue weighted by molar-refractivity contribution is -0.137. The third-order valence-corrected chi connectivity index (χ3v) is 4.42. The van der Waals surface area contributed by atoms with Gasteiger partial charge in [0.1, 0.15) is 5.92 Å². The van der Waals surface area contributed by atoms with Crippen LogP contribution < -0.4 is 16.0 Å². The topological polar surface area (TPSA) is 53.2 Å². The fraction of sp³-hybridized carbons (Fsp3) is 0.158. The number of alkyl halides is 3. The highest BCUT2D eigenvalue weighted by atomic mass is 32.1. The number of hydrogen-bond donors (Lipinski definition) is 3. The van der Waals surface area contributed by atoms with Crippen molar-refractivity contribution < 1.29 is 18.0 Å². The maximum absolute atomic E-state index is 13.2. The van der Waals surface area contributed by atoms with Gasteiger partial charge in [0, 0.05) is 5.70 Å². The van der Waals surface area contributed by atoms with Crippen LogP contribution in [-0.2, 0) is 11.0 Å². The maximum Gasteiger partial charge on any atom is 0.418 e. The van der Waals surface area contributed by atoms with Crippen molar-refractivity contribution >= 4 is 28.9 Å². The molecule has 1 aliphatic heterocycles. The first-order chi connectivity index (χ1) is 12.8. The third-order valence-electron chi connectivity index (χ3n) is 4.20. The van der Waals surface area contributed by atoms with E-state index < -0.39 is 29.6 Å². The minimum Gasteiger partial charge on any atom is -0.354 e. The molecule has 1 amide bonds. The van der Waals surface area contributed by atoms with Gasteiger partial charge in [0.05, 0.1) is 17.3 Å². The van der Waals surface area contributed by atoms with Crippen LogP contribution in [-0.4, -0.2) is 11.0 Å². The Morgan fingerprint density at radius 2 is 1.70 bits per heavy atom. The highest BCUT2D eigenvalue weighted by molar-refractivity contribution is 7.80. The fourth-order valence-corrected chi connectivity index (χ4v) is 3.24. The molecule has 3 rings (SSSR count). The molecule has 3 N–H and O–H groups in total. The van der Waals surface area contributed by atoms with E-state index >= 15 is 0 Å². The van der Waals surface area contributed by atoms with Gasteiger partial charge in [0.2, 0.25) is 5.91 Å². The zero-order valence-corrected chi connectivity index (χ0v) is 14.8. The number of benzene rings is 2. The second-order valence-corrected chi connectivity index (χ2v) is 6.43. The second-order valence-electron chi connectivity index (χ2n) is 6.02. The zero-order valence-electron chi connectivity index (χ0n) is 14.0. The van der Waals surface area contributed by atoms with Crippen molar-refractivity contribution in [1.82, 2.24) is 10.6 Å². The molecule has 1 aliphatic rings. The molecular formula is C19H16F3N3OS. The molecule has 0 aromatic heterocycles. The van der Waals surface area contributed by atoms with E-state index in [1.165, 1.54) is 18.2 Å². The first-order valence-electron chi connectivity index (χ1n) is 8.05. The van der Waals surface area contributed by atoms with E-state index in [-0.39, 0.29) is 5.69 Å². The summed E-state index contributed by atoms with van der Waals surface area (Å²) in [6.07, 6.45) is -4.58. The Bertz CT molecular complexity index is 883. The number of carbonyl (C=O) groups is 1. The third kappa shape index (κ3) is 4.11. The van der Waals surface area contributed by atoms with Crippen LogP contribution in [0.15, 0.2) is 66.9 Å². The summed E-state index contributed by atoms with van der Waals surface area (Å²) in [5.41, 5.74) is -0.128. The van der Waals surface area contributed by atoms with Crippen LogP contribution in [0.4, 0.5) is 18.9 Å². The molecule has 0 spiro atoms. The van der Waals surface area contributed by atoms with Crippen molar-refractivity contribution in [1.29, 1.82) is 0 Å². The molecule has 27 heavy (non-hydrogen) atoms. The number of halogens is 3. The molecule has 0 unspecified atom stereocenters. The largest absolute Gasteiger partial charge is 0.418 e. The lowest BCUT2D eigenvalue weighted by Crippen LogP contribution is -2.51. The Hall–Kier alpha value is -2.87. The molecular weight excluding hydrogens is 375 g/mol. The molecule has 0 saturated carbocycles. The lowest BCUT2D eigenvalue weighted by atomic mass is 9.88. The standard InChI is InChI=1S/C19H16F3N3OS/c1-11-15(16(25-18(27)23-11)12-7-3-2-4-8-12)17(26)24-14-10-6-5-9-13(14)19(20,21)22/h2-10,15-16H,1H2,(H,24,26)(H2,23,25,27)/t15-,16+/m1/s1. The molecule has 8 heteroatoms. The van der Waals surface area contributed by atoms with Gasteiger partial charge in [0.15, 0.2) is 5.11 Å². The van der Waals surface area contributed by atoms with Gasteiger partial charge in [-0.05, 0) is 29.9 Å². The van der Waals surface area contributed by atoms with Gasteiger partial charge in [-0.15, -0.1) is 0 Å². The Morgan fingerprint density at radius 3 is 2.37 bits per heavy atom. The number of anilines is 1. The van der Waals surface area contributed by atoms with Gasteiger partial charge in [-0.25, -0.2) is 0 Å². The first-order valence-corrected chi connectivity index (χ1v) is 8.46. The summed E-state index contributed by atoms with van der Waals surface area (Å²) < 4.78 is 39.6. The smallest absolute Gasteiger partial charge is 0.354 e. The summed E-state index contributed by atoms with van der Waals surface area (Å²) in [4.78, 5) is 12.9. The van der Waals surface area contributed by atoms with E-state index in [1.54, 1.807) is 12.1 Å². The van der Waals surface area contributed by atoms with Crippen molar-refractivity contribution in [3.05, 3.63) is 78.0 Å². The molecule has 0 bridgehead atoms. The monoisotopic (exact) mass is 391 g/mol. The molecule has 0 radical (unpaired) electrons. The molecule has 4 nitrogen and oxygen atoms in total. The van der Waals surface area contributed by atoms with Gasteiger partial charge in [-0.2, -0.15) is 13.2 Å². The van der Waals surface area contributed by atoms with Crippen LogP contribution in [0.5, 0.6) is 0 Å². The number of para-hydroxylation sites is 1. The van der Waals surface area contributed by atoms with Crippen LogP contribution in [0.3, 0.4) is 0 Å². The van der Waals surface area contributed by atoms with Crippen LogP contribution in [0.2, 0.25) is 0 Å². The number of thiocarbonyl (C=S) groups is 1. The molecule has 140 valence electrons. The van der Waals surface area contributed by atoms with Gasteiger partial charge in [-0.1, -0.05) is 49.0 Å². The summed E-state index contributed by atoms with van der Waals surface area (Å²) >= 11 is 5.14. The molecule has 2 aromatic carbocycles. The van der Waals surface area contributed by atoms with E-state index in [4.69, 9.17) is 12.2 Å². The molecule has 2 atom stereocenters. The molecule has 1 heterocycles. The average molecular weight is 391 g/mol. The number of amides is 1. The van der Waals surface area contributed by atoms with Gasteiger partial charge in [0.25, 0.3) is 0 Å². The fourth-order valence-electron chi connectivity index (χ4n) is 2.98. The van der Waals surface area contributed by atoms with E-state index in [2.05, 4.69) is 22.5 Å².